The molecule has 2 N–H and O–H groups in total. The lowest BCUT2D eigenvalue weighted by Crippen LogP contribution is -2.30. The van der Waals surface area contributed by atoms with Crippen molar-refractivity contribution in [1.82, 2.24) is 20.1 Å². The molecule has 0 spiro atoms. The largest absolute Gasteiger partial charge is 0.434 e. The second kappa shape index (κ2) is 8.65. The SMILES string of the molecule is Cc1ccccc1-n1ncc(C(=O)NCCNc2ncccc2C#N)c1C(F)(F)F. The number of hydrogen-bond donors (Lipinski definition) is 2. The summed E-state index contributed by atoms with van der Waals surface area (Å²) in [6, 6.07) is 11.6. The molecule has 30 heavy (non-hydrogen) atoms. The monoisotopic (exact) mass is 414 g/mol. The predicted molar refractivity (Wildman–Crippen MR) is 103 cm³/mol. The number of carbonyl (C=O) groups excluding carboxylic acids is 1. The lowest BCUT2D eigenvalue weighted by Gasteiger charge is -2.14. The summed E-state index contributed by atoms with van der Waals surface area (Å²) in [5.74, 6) is -0.567. The second-order valence-corrected chi connectivity index (χ2v) is 6.30. The summed E-state index contributed by atoms with van der Waals surface area (Å²) in [5, 5.41) is 18.1. The van der Waals surface area contributed by atoms with Crippen LogP contribution in [0.4, 0.5) is 19.0 Å². The molecule has 0 atom stereocenters. The molecule has 154 valence electrons. The fraction of sp³-hybridized carbons (Fsp3) is 0.200. The minimum atomic E-state index is -4.78. The number of aromatic nitrogens is 3. The molecule has 2 aromatic heterocycles. The van der Waals surface area contributed by atoms with Gasteiger partial charge in [-0.3, -0.25) is 4.79 Å². The number of anilines is 1. The van der Waals surface area contributed by atoms with Gasteiger partial charge in [-0.2, -0.15) is 23.5 Å². The standard InChI is InChI=1S/C20H17F3N6O/c1-13-5-2-3-7-16(13)29-17(20(21,22)23)15(12-28-29)19(30)27-10-9-26-18-14(11-24)6-4-8-25-18/h2-8,12H,9-10H2,1H3,(H,25,26)(H,27,30). The van der Waals surface area contributed by atoms with E-state index < -0.39 is 23.3 Å². The van der Waals surface area contributed by atoms with Crippen LogP contribution in [0, 0.1) is 18.3 Å². The molecule has 1 amide bonds. The van der Waals surface area contributed by atoms with Crippen molar-refractivity contribution in [2.24, 2.45) is 0 Å². The van der Waals surface area contributed by atoms with Crippen LogP contribution in [0.2, 0.25) is 0 Å². The maximum Gasteiger partial charge on any atom is 0.434 e. The third-order valence-corrected chi connectivity index (χ3v) is 4.26. The van der Waals surface area contributed by atoms with Crippen LogP contribution in [0.3, 0.4) is 0 Å². The molecule has 1 aromatic carbocycles. The van der Waals surface area contributed by atoms with Gasteiger partial charge in [0.05, 0.1) is 23.0 Å². The van der Waals surface area contributed by atoms with E-state index in [4.69, 9.17) is 5.26 Å². The number of aryl methyl sites for hydroxylation is 1. The second-order valence-electron chi connectivity index (χ2n) is 6.30. The van der Waals surface area contributed by atoms with E-state index in [9.17, 15) is 18.0 Å². The number of alkyl halides is 3. The summed E-state index contributed by atoms with van der Waals surface area (Å²) in [6.07, 6.45) is -2.37. The fourth-order valence-electron chi connectivity index (χ4n) is 2.86. The third-order valence-electron chi connectivity index (χ3n) is 4.26. The summed E-state index contributed by atoms with van der Waals surface area (Å²) in [7, 11) is 0. The van der Waals surface area contributed by atoms with Gasteiger partial charge in [0.15, 0.2) is 5.69 Å². The van der Waals surface area contributed by atoms with Gasteiger partial charge in [0.2, 0.25) is 0 Å². The molecule has 0 aliphatic rings. The van der Waals surface area contributed by atoms with Gasteiger partial charge in [0.25, 0.3) is 5.91 Å². The Morgan fingerprint density at radius 3 is 2.67 bits per heavy atom. The minimum Gasteiger partial charge on any atom is -0.367 e. The van der Waals surface area contributed by atoms with E-state index in [1.807, 2.05) is 6.07 Å². The fourth-order valence-corrected chi connectivity index (χ4v) is 2.86. The van der Waals surface area contributed by atoms with Crippen molar-refractivity contribution < 1.29 is 18.0 Å². The first-order valence-corrected chi connectivity index (χ1v) is 8.91. The number of rotatable bonds is 6. The number of nitrogens with one attached hydrogen (secondary N) is 2. The predicted octanol–water partition coefficient (Wildman–Crippen LogP) is 3.31. The Hall–Kier alpha value is -3.87. The van der Waals surface area contributed by atoms with E-state index in [0.29, 0.717) is 16.9 Å². The highest BCUT2D eigenvalue weighted by molar-refractivity contribution is 5.95. The van der Waals surface area contributed by atoms with Crippen LogP contribution in [-0.2, 0) is 6.18 Å². The lowest BCUT2D eigenvalue weighted by molar-refractivity contribution is -0.143. The first-order valence-electron chi connectivity index (χ1n) is 8.91. The molecule has 2 heterocycles. The first kappa shape index (κ1) is 20.9. The molecule has 7 nitrogen and oxygen atoms in total. The maximum atomic E-state index is 13.7. The average Bonchev–Trinajstić information content (AvgIpc) is 3.17. The molecule has 0 bridgehead atoms. The third kappa shape index (κ3) is 4.41. The van der Waals surface area contributed by atoms with Crippen molar-refractivity contribution in [3.05, 3.63) is 71.2 Å². The van der Waals surface area contributed by atoms with Gasteiger partial charge >= 0.3 is 6.18 Å². The van der Waals surface area contributed by atoms with Gasteiger partial charge in [-0.1, -0.05) is 18.2 Å². The molecule has 0 aliphatic heterocycles. The Morgan fingerprint density at radius 1 is 1.20 bits per heavy atom. The van der Waals surface area contributed by atoms with Crippen LogP contribution in [0.1, 0.15) is 27.2 Å². The molecular weight excluding hydrogens is 397 g/mol. The van der Waals surface area contributed by atoms with E-state index in [0.717, 1.165) is 10.9 Å². The zero-order valence-corrected chi connectivity index (χ0v) is 15.9. The van der Waals surface area contributed by atoms with Crippen molar-refractivity contribution in [3.8, 4) is 11.8 Å². The molecule has 0 saturated heterocycles. The lowest BCUT2D eigenvalue weighted by atomic mass is 10.1. The molecule has 0 fully saturated rings. The smallest absolute Gasteiger partial charge is 0.367 e. The quantitative estimate of drug-likeness (QED) is 0.604. The number of para-hydroxylation sites is 1. The highest BCUT2D eigenvalue weighted by Crippen LogP contribution is 2.34. The number of nitrogens with zero attached hydrogens (tertiary/aromatic N) is 4. The average molecular weight is 414 g/mol. The molecule has 0 saturated carbocycles. The zero-order valence-electron chi connectivity index (χ0n) is 15.9. The van der Waals surface area contributed by atoms with Gasteiger partial charge in [0.1, 0.15) is 11.9 Å². The van der Waals surface area contributed by atoms with E-state index in [-0.39, 0.29) is 18.8 Å². The number of pyridine rings is 1. The van der Waals surface area contributed by atoms with Crippen molar-refractivity contribution in [2.75, 3.05) is 18.4 Å². The van der Waals surface area contributed by atoms with Gasteiger partial charge in [-0.05, 0) is 30.7 Å². The Kier molecular flexibility index (Phi) is 6.01. The number of carbonyl (C=O) groups is 1. The number of hydrogen-bond acceptors (Lipinski definition) is 5. The van der Waals surface area contributed by atoms with E-state index in [1.54, 1.807) is 37.3 Å². The molecule has 0 unspecified atom stereocenters. The maximum absolute atomic E-state index is 13.7. The van der Waals surface area contributed by atoms with Gasteiger partial charge in [0, 0.05) is 19.3 Å². The summed E-state index contributed by atoms with van der Waals surface area (Å²) in [4.78, 5) is 16.4. The minimum absolute atomic E-state index is 0.0210. The summed E-state index contributed by atoms with van der Waals surface area (Å²) >= 11 is 0. The molecule has 10 heteroatoms. The highest BCUT2D eigenvalue weighted by atomic mass is 19.4. The molecule has 0 aliphatic carbocycles. The number of amides is 1. The van der Waals surface area contributed by atoms with Crippen LogP contribution < -0.4 is 10.6 Å². The van der Waals surface area contributed by atoms with Crippen molar-refractivity contribution >= 4 is 11.7 Å². The van der Waals surface area contributed by atoms with Crippen LogP contribution in [0.5, 0.6) is 0 Å². The normalized spacial score (nSPS) is 11.0. The van der Waals surface area contributed by atoms with Crippen LogP contribution in [0.25, 0.3) is 5.69 Å². The van der Waals surface area contributed by atoms with Gasteiger partial charge in [-0.15, -0.1) is 0 Å². The van der Waals surface area contributed by atoms with Crippen LogP contribution in [-0.4, -0.2) is 33.8 Å². The zero-order chi connectivity index (χ0) is 21.7. The first-order chi connectivity index (χ1) is 14.3. The Labute approximate surface area is 170 Å². The Bertz CT molecular complexity index is 1100. The highest BCUT2D eigenvalue weighted by Gasteiger charge is 2.40. The summed E-state index contributed by atoms with van der Waals surface area (Å²) < 4.78 is 41.9. The van der Waals surface area contributed by atoms with Crippen LogP contribution in [0.15, 0.2) is 48.8 Å². The Balaban J connectivity index is 1.75. The molecule has 3 rings (SSSR count). The van der Waals surface area contributed by atoms with Crippen molar-refractivity contribution in [2.45, 2.75) is 13.1 Å². The van der Waals surface area contributed by atoms with Gasteiger partial charge in [-0.25, -0.2) is 9.67 Å². The molecule has 0 radical (unpaired) electrons. The molecular formula is C20H17F3N6O. The van der Waals surface area contributed by atoms with Crippen molar-refractivity contribution in [1.29, 1.82) is 5.26 Å². The van der Waals surface area contributed by atoms with Gasteiger partial charge < -0.3 is 10.6 Å². The number of nitriles is 1. The number of halogens is 3. The van der Waals surface area contributed by atoms with E-state index in [1.165, 1.54) is 12.3 Å². The summed E-state index contributed by atoms with van der Waals surface area (Å²) in [6.45, 7) is 1.85. The summed E-state index contributed by atoms with van der Waals surface area (Å²) in [5.41, 5.74) is -0.557. The molecule has 3 aromatic rings. The Morgan fingerprint density at radius 2 is 1.97 bits per heavy atom. The van der Waals surface area contributed by atoms with E-state index >= 15 is 0 Å². The van der Waals surface area contributed by atoms with Crippen LogP contribution >= 0.6 is 0 Å². The van der Waals surface area contributed by atoms with Crippen molar-refractivity contribution in [3.63, 3.8) is 0 Å². The van der Waals surface area contributed by atoms with E-state index in [2.05, 4.69) is 20.7 Å². The number of benzene rings is 1. The topological polar surface area (TPSA) is 95.6 Å².